The molecule has 0 aromatic heterocycles. The molecule has 2 aliphatic rings. The van der Waals surface area contributed by atoms with Gasteiger partial charge in [0.15, 0.2) is 0 Å². The molecule has 1 aliphatic carbocycles. The third-order valence-electron chi connectivity index (χ3n) is 4.43. The Kier molecular flexibility index (Phi) is 4.37. The van der Waals surface area contributed by atoms with Gasteiger partial charge >= 0.3 is 5.97 Å². The van der Waals surface area contributed by atoms with Crippen LogP contribution in [0, 0.1) is 10.1 Å². The van der Waals surface area contributed by atoms with E-state index in [1.807, 2.05) is 0 Å². The fraction of sp³-hybridized carbons (Fsp3) is 0.500. The van der Waals surface area contributed by atoms with Gasteiger partial charge in [-0.3, -0.25) is 14.9 Å². The minimum atomic E-state index is -1.04. The number of hydrogen-bond donors (Lipinski definition) is 2. The van der Waals surface area contributed by atoms with Crippen molar-refractivity contribution >= 4 is 23.3 Å². The number of rotatable bonds is 5. The van der Waals surface area contributed by atoms with Crippen LogP contribution in [0.15, 0.2) is 18.2 Å². The van der Waals surface area contributed by atoms with Gasteiger partial charge < -0.3 is 15.3 Å². The number of likely N-dealkylation sites (tertiary alicyclic amines) is 1. The van der Waals surface area contributed by atoms with Gasteiger partial charge in [-0.1, -0.05) is 0 Å². The molecule has 2 N–H and O–H groups in total. The highest BCUT2D eigenvalue weighted by Gasteiger charge is 2.33. The number of nitrogens with one attached hydrogen (secondary N) is 1. The quantitative estimate of drug-likeness (QED) is 0.631. The lowest BCUT2D eigenvalue weighted by Gasteiger charge is -2.33. The van der Waals surface area contributed by atoms with Gasteiger partial charge in [0.1, 0.15) is 11.7 Å². The number of anilines is 1. The molecule has 3 rings (SSSR count). The summed E-state index contributed by atoms with van der Waals surface area (Å²) in [6.45, 7) is 0.353. The van der Waals surface area contributed by atoms with Gasteiger partial charge in [-0.15, -0.1) is 0 Å². The van der Waals surface area contributed by atoms with E-state index < -0.39 is 22.8 Å². The molecule has 1 saturated carbocycles. The van der Waals surface area contributed by atoms with Gasteiger partial charge in [0.05, 0.1) is 4.92 Å². The van der Waals surface area contributed by atoms with Crippen LogP contribution in [0.2, 0.25) is 0 Å². The van der Waals surface area contributed by atoms with Crippen molar-refractivity contribution in [2.24, 2.45) is 0 Å². The molecule has 8 nitrogen and oxygen atoms in total. The maximum atomic E-state index is 12.7. The number of hydrogen-bond acceptors (Lipinski definition) is 5. The van der Waals surface area contributed by atoms with Crippen LogP contribution < -0.4 is 5.32 Å². The first-order valence-electron chi connectivity index (χ1n) is 8.06. The predicted octanol–water partition coefficient (Wildman–Crippen LogP) is 2.25. The van der Waals surface area contributed by atoms with Crippen LogP contribution in [0.5, 0.6) is 0 Å². The van der Waals surface area contributed by atoms with Gasteiger partial charge in [0.2, 0.25) is 0 Å². The van der Waals surface area contributed by atoms with Gasteiger partial charge in [-0.2, -0.15) is 0 Å². The van der Waals surface area contributed by atoms with Crippen LogP contribution in [0.4, 0.5) is 11.4 Å². The zero-order chi connectivity index (χ0) is 17.3. The number of aliphatic carboxylic acids is 1. The predicted molar refractivity (Wildman–Crippen MR) is 86.1 cm³/mol. The number of nitrogens with zero attached hydrogens (tertiary/aromatic N) is 2. The maximum Gasteiger partial charge on any atom is 0.326 e. The molecule has 1 unspecified atom stereocenters. The standard InChI is InChI=1S/C16H19N3O5/c20-15(18-8-2-1-3-13(18)16(21)22)10-4-7-12(17-11-5-6-11)14(9-10)19(23)24/h4,7,9,11,13,17H,1-3,5-6,8H2,(H,21,22). The van der Waals surface area contributed by atoms with E-state index in [1.165, 1.54) is 23.1 Å². The number of carbonyl (C=O) groups is 2. The second kappa shape index (κ2) is 6.46. The molecule has 1 aliphatic heterocycles. The molecule has 1 amide bonds. The first-order chi connectivity index (χ1) is 11.5. The van der Waals surface area contributed by atoms with E-state index in [1.54, 1.807) is 0 Å². The molecular formula is C16H19N3O5. The Hall–Kier alpha value is -2.64. The van der Waals surface area contributed by atoms with E-state index in [9.17, 15) is 24.8 Å². The zero-order valence-electron chi connectivity index (χ0n) is 13.1. The minimum Gasteiger partial charge on any atom is -0.480 e. The van der Waals surface area contributed by atoms with E-state index in [2.05, 4.69) is 5.32 Å². The Labute approximate surface area is 138 Å². The van der Waals surface area contributed by atoms with E-state index in [4.69, 9.17) is 0 Å². The molecule has 1 aromatic carbocycles. The minimum absolute atomic E-state index is 0.149. The molecule has 1 saturated heterocycles. The number of piperidine rings is 1. The van der Waals surface area contributed by atoms with Crippen molar-refractivity contribution in [3.63, 3.8) is 0 Å². The third-order valence-corrected chi connectivity index (χ3v) is 4.43. The zero-order valence-corrected chi connectivity index (χ0v) is 13.1. The lowest BCUT2D eigenvalue weighted by Crippen LogP contribution is -2.48. The topological polar surface area (TPSA) is 113 Å². The fourth-order valence-corrected chi connectivity index (χ4v) is 2.98. The Balaban J connectivity index is 1.87. The third kappa shape index (κ3) is 3.32. The molecule has 1 heterocycles. The summed E-state index contributed by atoms with van der Waals surface area (Å²) in [6, 6.07) is 3.68. The van der Waals surface area contributed by atoms with Gasteiger partial charge in [-0.25, -0.2) is 4.79 Å². The smallest absolute Gasteiger partial charge is 0.326 e. The molecule has 1 atom stereocenters. The summed E-state index contributed by atoms with van der Waals surface area (Å²) in [5, 5.41) is 23.7. The highest BCUT2D eigenvalue weighted by molar-refractivity contribution is 5.98. The van der Waals surface area contributed by atoms with Crippen molar-refractivity contribution in [3.05, 3.63) is 33.9 Å². The Morgan fingerprint density at radius 3 is 2.62 bits per heavy atom. The molecule has 128 valence electrons. The van der Waals surface area contributed by atoms with Crippen molar-refractivity contribution in [3.8, 4) is 0 Å². The Morgan fingerprint density at radius 1 is 1.25 bits per heavy atom. The molecule has 24 heavy (non-hydrogen) atoms. The summed E-state index contributed by atoms with van der Waals surface area (Å²) in [4.78, 5) is 36.1. The first kappa shape index (κ1) is 16.2. The lowest BCUT2D eigenvalue weighted by atomic mass is 10.0. The fourth-order valence-electron chi connectivity index (χ4n) is 2.98. The second-order valence-corrected chi connectivity index (χ2v) is 6.26. The largest absolute Gasteiger partial charge is 0.480 e. The van der Waals surface area contributed by atoms with Crippen molar-refractivity contribution in [1.29, 1.82) is 0 Å². The molecule has 0 spiro atoms. The normalized spacial score (nSPS) is 20.5. The number of nitro groups is 1. The number of amides is 1. The molecule has 2 fully saturated rings. The van der Waals surface area contributed by atoms with Crippen LogP contribution >= 0.6 is 0 Å². The second-order valence-electron chi connectivity index (χ2n) is 6.26. The molecule has 8 heteroatoms. The number of carboxylic acids is 1. The summed E-state index contributed by atoms with van der Waals surface area (Å²) in [5.74, 6) is -1.51. The summed E-state index contributed by atoms with van der Waals surface area (Å²) < 4.78 is 0. The monoisotopic (exact) mass is 333 g/mol. The summed E-state index contributed by atoms with van der Waals surface area (Å²) in [5.41, 5.74) is 0.389. The van der Waals surface area contributed by atoms with E-state index >= 15 is 0 Å². The van der Waals surface area contributed by atoms with Crippen LogP contribution in [0.25, 0.3) is 0 Å². The van der Waals surface area contributed by atoms with E-state index in [0.29, 0.717) is 18.7 Å². The highest BCUT2D eigenvalue weighted by Crippen LogP contribution is 2.32. The maximum absolute atomic E-state index is 12.7. The summed E-state index contributed by atoms with van der Waals surface area (Å²) in [6.07, 6.45) is 3.85. The lowest BCUT2D eigenvalue weighted by molar-refractivity contribution is -0.384. The molecule has 1 aromatic rings. The SMILES string of the molecule is O=C(O)C1CCCCN1C(=O)c1ccc(NC2CC2)c([N+](=O)[O-])c1. The van der Waals surface area contributed by atoms with Crippen LogP contribution in [0.1, 0.15) is 42.5 Å². The van der Waals surface area contributed by atoms with Crippen molar-refractivity contribution in [1.82, 2.24) is 4.90 Å². The number of carbonyl (C=O) groups excluding carboxylic acids is 1. The molecule has 0 radical (unpaired) electrons. The number of carboxylic acid groups (broad SMARTS) is 1. The average molecular weight is 333 g/mol. The number of nitro benzene ring substituents is 1. The van der Waals surface area contributed by atoms with Crippen molar-refractivity contribution < 1.29 is 19.6 Å². The Morgan fingerprint density at radius 2 is 2.00 bits per heavy atom. The van der Waals surface area contributed by atoms with Crippen LogP contribution in [-0.2, 0) is 4.79 Å². The average Bonchev–Trinajstić information content (AvgIpc) is 3.38. The van der Waals surface area contributed by atoms with Crippen molar-refractivity contribution in [2.75, 3.05) is 11.9 Å². The van der Waals surface area contributed by atoms with E-state index in [0.717, 1.165) is 25.7 Å². The van der Waals surface area contributed by atoms with Crippen molar-refractivity contribution in [2.45, 2.75) is 44.2 Å². The van der Waals surface area contributed by atoms with Crippen LogP contribution in [0.3, 0.4) is 0 Å². The summed E-state index contributed by atoms with van der Waals surface area (Å²) >= 11 is 0. The molecular weight excluding hydrogens is 314 g/mol. The summed E-state index contributed by atoms with van der Waals surface area (Å²) in [7, 11) is 0. The van der Waals surface area contributed by atoms with Gasteiger partial charge in [0.25, 0.3) is 11.6 Å². The van der Waals surface area contributed by atoms with E-state index in [-0.39, 0.29) is 17.3 Å². The Bertz CT molecular complexity index is 686. The molecule has 0 bridgehead atoms. The number of benzene rings is 1. The van der Waals surface area contributed by atoms with Crippen LogP contribution in [-0.4, -0.2) is 45.4 Å². The van der Waals surface area contributed by atoms with Gasteiger partial charge in [0, 0.05) is 24.2 Å². The highest BCUT2D eigenvalue weighted by atomic mass is 16.6. The van der Waals surface area contributed by atoms with Gasteiger partial charge in [-0.05, 0) is 44.2 Å². The first-order valence-corrected chi connectivity index (χ1v) is 8.06.